The molecule has 0 amide bonds. The molecule has 0 aromatic carbocycles. The number of rotatable bonds is 3. The molecule has 0 bridgehead atoms. The van der Waals surface area contributed by atoms with Gasteiger partial charge in [-0.05, 0) is 51.4 Å². The van der Waals surface area contributed by atoms with Crippen molar-refractivity contribution in [1.82, 2.24) is 14.5 Å². The first-order valence-electron chi connectivity index (χ1n) is 6.86. The molecule has 0 aliphatic heterocycles. The van der Waals surface area contributed by atoms with Crippen LogP contribution in [0.3, 0.4) is 0 Å². The van der Waals surface area contributed by atoms with Crippen LogP contribution in [0.2, 0.25) is 0 Å². The Morgan fingerprint density at radius 1 is 1.28 bits per heavy atom. The standard InChI is InChI=1S/C15H21N3/c1-17(2)9-10-18-14-6-4-3-5-12(14)13-11-16-8-7-15(13)18/h7-8,11H,3-6,9-10H2,1-2H3. The van der Waals surface area contributed by atoms with E-state index in [1.807, 2.05) is 12.4 Å². The summed E-state index contributed by atoms with van der Waals surface area (Å²) in [4.78, 5) is 6.56. The third kappa shape index (κ3) is 1.93. The predicted octanol–water partition coefficient (Wildman–Crippen LogP) is 2.48. The lowest BCUT2D eigenvalue weighted by Gasteiger charge is -2.17. The number of hydrogen-bond acceptors (Lipinski definition) is 2. The van der Waals surface area contributed by atoms with Crippen molar-refractivity contribution in [1.29, 1.82) is 0 Å². The van der Waals surface area contributed by atoms with Crippen molar-refractivity contribution in [2.45, 2.75) is 32.2 Å². The monoisotopic (exact) mass is 243 g/mol. The summed E-state index contributed by atoms with van der Waals surface area (Å²) < 4.78 is 2.52. The van der Waals surface area contributed by atoms with Crippen LogP contribution in [0.15, 0.2) is 18.5 Å². The Balaban J connectivity index is 2.10. The van der Waals surface area contributed by atoms with Gasteiger partial charge < -0.3 is 9.47 Å². The highest BCUT2D eigenvalue weighted by Crippen LogP contribution is 2.31. The Bertz CT molecular complexity index is 554. The SMILES string of the molecule is CN(C)CCn1c2c(c3cnccc31)CCCC2. The van der Waals surface area contributed by atoms with Gasteiger partial charge in [-0.1, -0.05) is 0 Å². The van der Waals surface area contributed by atoms with Crippen molar-refractivity contribution in [2.75, 3.05) is 20.6 Å². The number of likely N-dealkylation sites (N-methyl/N-ethyl adjacent to an activating group) is 1. The number of nitrogens with zero attached hydrogens (tertiary/aromatic N) is 3. The van der Waals surface area contributed by atoms with Crippen LogP contribution in [-0.2, 0) is 19.4 Å². The smallest absolute Gasteiger partial charge is 0.0516 e. The average molecular weight is 243 g/mol. The Morgan fingerprint density at radius 3 is 2.94 bits per heavy atom. The molecule has 0 fully saturated rings. The number of aryl methyl sites for hydroxylation is 1. The molecule has 2 aromatic heterocycles. The Labute approximate surface area is 108 Å². The minimum atomic E-state index is 1.09. The summed E-state index contributed by atoms with van der Waals surface area (Å²) in [5, 5.41) is 1.38. The molecule has 2 aromatic rings. The van der Waals surface area contributed by atoms with E-state index in [-0.39, 0.29) is 0 Å². The molecular formula is C15H21N3. The second kappa shape index (κ2) is 4.73. The van der Waals surface area contributed by atoms with Crippen molar-refractivity contribution in [3.05, 3.63) is 29.7 Å². The number of fused-ring (bicyclic) bond motifs is 3. The number of pyridine rings is 1. The van der Waals surface area contributed by atoms with Crippen molar-refractivity contribution in [3.63, 3.8) is 0 Å². The van der Waals surface area contributed by atoms with Crippen molar-refractivity contribution >= 4 is 10.9 Å². The summed E-state index contributed by atoms with van der Waals surface area (Å²) in [6, 6.07) is 2.17. The van der Waals surface area contributed by atoms with Crippen LogP contribution < -0.4 is 0 Å². The van der Waals surface area contributed by atoms with Gasteiger partial charge in [-0.15, -0.1) is 0 Å². The highest BCUT2D eigenvalue weighted by atomic mass is 15.1. The van der Waals surface area contributed by atoms with Gasteiger partial charge in [-0.25, -0.2) is 0 Å². The summed E-state index contributed by atoms with van der Waals surface area (Å²) in [5.74, 6) is 0. The van der Waals surface area contributed by atoms with Crippen molar-refractivity contribution in [2.24, 2.45) is 0 Å². The van der Waals surface area contributed by atoms with Gasteiger partial charge in [0.1, 0.15) is 0 Å². The minimum Gasteiger partial charge on any atom is -0.343 e. The molecule has 0 spiro atoms. The van der Waals surface area contributed by atoms with Gasteiger partial charge in [0.15, 0.2) is 0 Å². The predicted molar refractivity (Wildman–Crippen MR) is 74.9 cm³/mol. The van der Waals surface area contributed by atoms with E-state index in [2.05, 4.69) is 34.6 Å². The number of hydrogen-bond donors (Lipinski definition) is 0. The Hall–Kier alpha value is -1.35. The molecule has 0 saturated heterocycles. The van der Waals surface area contributed by atoms with Crippen molar-refractivity contribution in [3.8, 4) is 0 Å². The molecule has 2 heterocycles. The van der Waals surface area contributed by atoms with E-state index in [1.54, 1.807) is 11.3 Å². The van der Waals surface area contributed by atoms with Crippen molar-refractivity contribution < 1.29 is 0 Å². The first kappa shape index (κ1) is 11.7. The van der Waals surface area contributed by atoms with Gasteiger partial charge >= 0.3 is 0 Å². The molecule has 1 aliphatic carbocycles. The van der Waals surface area contributed by atoms with E-state index < -0.39 is 0 Å². The van der Waals surface area contributed by atoms with Gasteiger partial charge in [0.2, 0.25) is 0 Å². The fourth-order valence-corrected chi connectivity index (χ4v) is 3.03. The molecule has 3 heteroatoms. The summed E-state index contributed by atoms with van der Waals surface area (Å²) in [5.41, 5.74) is 4.49. The summed E-state index contributed by atoms with van der Waals surface area (Å²) in [7, 11) is 4.28. The van der Waals surface area contributed by atoms with Crippen LogP contribution >= 0.6 is 0 Å². The molecule has 0 saturated carbocycles. The van der Waals surface area contributed by atoms with E-state index in [9.17, 15) is 0 Å². The van der Waals surface area contributed by atoms with Crippen LogP contribution in [0.4, 0.5) is 0 Å². The molecular weight excluding hydrogens is 222 g/mol. The van der Waals surface area contributed by atoms with Crippen LogP contribution in [0.1, 0.15) is 24.1 Å². The third-order valence-corrected chi connectivity index (χ3v) is 3.95. The van der Waals surface area contributed by atoms with Crippen LogP contribution in [0, 0.1) is 0 Å². The lowest BCUT2D eigenvalue weighted by Crippen LogP contribution is -2.20. The average Bonchev–Trinajstić information content (AvgIpc) is 2.71. The van der Waals surface area contributed by atoms with Gasteiger partial charge in [-0.3, -0.25) is 4.98 Å². The first-order valence-corrected chi connectivity index (χ1v) is 6.86. The zero-order chi connectivity index (χ0) is 12.5. The van der Waals surface area contributed by atoms with Gasteiger partial charge in [0.25, 0.3) is 0 Å². The zero-order valence-electron chi connectivity index (χ0n) is 11.3. The lowest BCUT2D eigenvalue weighted by molar-refractivity contribution is 0.383. The molecule has 0 atom stereocenters. The molecule has 18 heavy (non-hydrogen) atoms. The third-order valence-electron chi connectivity index (χ3n) is 3.95. The molecule has 0 unspecified atom stereocenters. The maximum absolute atomic E-state index is 4.31. The Kier molecular flexibility index (Phi) is 3.08. The second-order valence-corrected chi connectivity index (χ2v) is 5.48. The van der Waals surface area contributed by atoms with E-state index >= 15 is 0 Å². The summed E-state index contributed by atoms with van der Waals surface area (Å²) >= 11 is 0. The molecule has 0 radical (unpaired) electrons. The molecule has 96 valence electrons. The maximum atomic E-state index is 4.31. The fourth-order valence-electron chi connectivity index (χ4n) is 3.03. The largest absolute Gasteiger partial charge is 0.343 e. The zero-order valence-corrected chi connectivity index (χ0v) is 11.3. The fraction of sp³-hybridized carbons (Fsp3) is 0.533. The quantitative estimate of drug-likeness (QED) is 0.826. The maximum Gasteiger partial charge on any atom is 0.0516 e. The Morgan fingerprint density at radius 2 is 2.11 bits per heavy atom. The van der Waals surface area contributed by atoms with Gasteiger partial charge in [0.05, 0.1) is 5.52 Å². The number of aromatic nitrogens is 2. The second-order valence-electron chi connectivity index (χ2n) is 5.48. The first-order chi connectivity index (χ1) is 8.77. The van der Waals surface area contributed by atoms with E-state index in [1.165, 1.54) is 36.6 Å². The normalized spacial score (nSPS) is 15.3. The highest BCUT2D eigenvalue weighted by Gasteiger charge is 2.19. The van der Waals surface area contributed by atoms with Gasteiger partial charge in [0, 0.05) is 36.6 Å². The molecule has 1 aliphatic rings. The summed E-state index contributed by atoms with van der Waals surface area (Å²) in [6.45, 7) is 2.18. The molecule has 3 nitrogen and oxygen atoms in total. The van der Waals surface area contributed by atoms with Crippen LogP contribution in [-0.4, -0.2) is 35.1 Å². The topological polar surface area (TPSA) is 21.1 Å². The minimum absolute atomic E-state index is 1.09. The molecule has 0 N–H and O–H groups in total. The van der Waals surface area contributed by atoms with Crippen LogP contribution in [0.5, 0.6) is 0 Å². The van der Waals surface area contributed by atoms with E-state index in [0.717, 1.165) is 13.1 Å². The lowest BCUT2D eigenvalue weighted by atomic mass is 9.96. The van der Waals surface area contributed by atoms with Crippen LogP contribution in [0.25, 0.3) is 10.9 Å². The molecule has 3 rings (SSSR count). The van der Waals surface area contributed by atoms with Gasteiger partial charge in [-0.2, -0.15) is 0 Å². The van der Waals surface area contributed by atoms with E-state index in [0.29, 0.717) is 0 Å². The van der Waals surface area contributed by atoms with E-state index in [4.69, 9.17) is 0 Å². The summed E-state index contributed by atoms with van der Waals surface area (Å²) in [6.07, 6.45) is 9.09. The highest BCUT2D eigenvalue weighted by molar-refractivity contribution is 5.84.